The molecule has 0 atom stereocenters. The molecule has 0 heterocycles. The summed E-state index contributed by atoms with van der Waals surface area (Å²) in [4.78, 5) is 0. The third kappa shape index (κ3) is 10.1. The van der Waals surface area contributed by atoms with Crippen LogP contribution in [0.15, 0.2) is 0 Å². The molecule has 0 saturated carbocycles. The topological polar surface area (TPSA) is 67.4 Å². The van der Waals surface area contributed by atoms with Crippen LogP contribution in [0.3, 0.4) is 0 Å². The number of methoxy groups -OCH3 is 1. The van der Waals surface area contributed by atoms with Crippen molar-refractivity contribution in [3.63, 3.8) is 0 Å². The second-order valence-electron chi connectivity index (χ2n) is 3.31. The molecule has 15 heavy (non-hydrogen) atoms. The Balaban J connectivity index is 3.47. The van der Waals surface area contributed by atoms with Crippen LogP contribution < -0.4 is 10.0 Å². The third-order valence-electron chi connectivity index (χ3n) is 1.82. The molecule has 0 aliphatic carbocycles. The first-order valence-corrected chi connectivity index (χ1v) is 6.94. The molecule has 2 N–H and O–H groups in total. The summed E-state index contributed by atoms with van der Waals surface area (Å²) in [7, 11) is -1.57. The minimum absolute atomic E-state index is 0.174. The van der Waals surface area contributed by atoms with Gasteiger partial charge in [0.2, 0.25) is 10.0 Å². The Bertz CT molecular complexity index is 230. The first-order chi connectivity index (χ1) is 7.12. The van der Waals surface area contributed by atoms with E-state index in [1.165, 1.54) is 0 Å². The minimum atomic E-state index is -3.11. The molecule has 0 radical (unpaired) electrons. The van der Waals surface area contributed by atoms with E-state index in [0.717, 1.165) is 19.5 Å². The lowest BCUT2D eigenvalue weighted by molar-refractivity contribution is 0.204. The van der Waals surface area contributed by atoms with Crippen LogP contribution in [0.1, 0.15) is 19.8 Å². The van der Waals surface area contributed by atoms with Gasteiger partial charge in [-0.25, -0.2) is 13.1 Å². The predicted octanol–water partition coefficient (Wildman–Crippen LogP) is -0.0581. The zero-order valence-electron chi connectivity index (χ0n) is 9.58. The van der Waals surface area contributed by atoms with Gasteiger partial charge in [-0.05, 0) is 25.9 Å². The van der Waals surface area contributed by atoms with Crippen LogP contribution in [-0.4, -0.2) is 47.5 Å². The molecule has 0 aliphatic rings. The standard InChI is InChI=1S/C9H22N2O3S/c1-3-5-10-6-4-9-15(12,13)11-7-8-14-2/h10-11H,3-9H2,1-2H3. The molecule has 0 fully saturated rings. The maximum atomic E-state index is 11.3. The van der Waals surface area contributed by atoms with Crippen LogP contribution in [0.25, 0.3) is 0 Å². The number of hydrogen-bond donors (Lipinski definition) is 2. The number of hydrogen-bond acceptors (Lipinski definition) is 4. The third-order valence-corrected chi connectivity index (χ3v) is 3.29. The van der Waals surface area contributed by atoms with Gasteiger partial charge < -0.3 is 10.1 Å². The zero-order valence-corrected chi connectivity index (χ0v) is 10.4. The molecule has 0 aromatic rings. The van der Waals surface area contributed by atoms with E-state index in [4.69, 9.17) is 4.74 Å². The maximum absolute atomic E-state index is 11.3. The lowest BCUT2D eigenvalue weighted by Gasteiger charge is -2.06. The fourth-order valence-electron chi connectivity index (χ4n) is 1.06. The van der Waals surface area contributed by atoms with E-state index >= 15 is 0 Å². The lowest BCUT2D eigenvalue weighted by atomic mass is 10.4. The van der Waals surface area contributed by atoms with E-state index in [0.29, 0.717) is 19.6 Å². The second kappa shape index (κ2) is 9.08. The molecule has 0 rings (SSSR count). The van der Waals surface area contributed by atoms with Crippen molar-refractivity contribution in [2.75, 3.05) is 39.1 Å². The maximum Gasteiger partial charge on any atom is 0.211 e. The highest BCUT2D eigenvalue weighted by Gasteiger charge is 2.07. The predicted molar refractivity (Wildman–Crippen MR) is 61.4 cm³/mol. The van der Waals surface area contributed by atoms with E-state index in [9.17, 15) is 8.42 Å². The van der Waals surface area contributed by atoms with Gasteiger partial charge in [-0.2, -0.15) is 0 Å². The molecule has 0 unspecified atom stereocenters. The molecular formula is C9H22N2O3S. The largest absolute Gasteiger partial charge is 0.383 e. The molecular weight excluding hydrogens is 216 g/mol. The molecule has 0 bridgehead atoms. The van der Waals surface area contributed by atoms with Crippen molar-refractivity contribution in [3.8, 4) is 0 Å². The highest BCUT2D eigenvalue weighted by atomic mass is 32.2. The quantitative estimate of drug-likeness (QED) is 0.523. The summed E-state index contributed by atoms with van der Waals surface area (Å²) in [5.41, 5.74) is 0. The molecule has 0 saturated heterocycles. The van der Waals surface area contributed by atoms with E-state index in [1.807, 2.05) is 0 Å². The van der Waals surface area contributed by atoms with Gasteiger partial charge in [-0.1, -0.05) is 6.92 Å². The Morgan fingerprint density at radius 2 is 1.93 bits per heavy atom. The average Bonchev–Trinajstić information content (AvgIpc) is 2.17. The van der Waals surface area contributed by atoms with Crippen molar-refractivity contribution in [3.05, 3.63) is 0 Å². The monoisotopic (exact) mass is 238 g/mol. The molecule has 6 heteroatoms. The highest BCUT2D eigenvalue weighted by Crippen LogP contribution is 1.88. The van der Waals surface area contributed by atoms with Gasteiger partial charge in [0.15, 0.2) is 0 Å². The normalized spacial score (nSPS) is 11.9. The Morgan fingerprint density at radius 1 is 1.20 bits per heavy atom. The van der Waals surface area contributed by atoms with Crippen LogP contribution in [0.2, 0.25) is 0 Å². The summed E-state index contributed by atoms with van der Waals surface area (Å²) in [6, 6.07) is 0. The Kier molecular flexibility index (Phi) is 8.98. The minimum Gasteiger partial charge on any atom is -0.383 e. The van der Waals surface area contributed by atoms with E-state index in [-0.39, 0.29) is 5.75 Å². The summed E-state index contributed by atoms with van der Waals surface area (Å²) in [6.07, 6.45) is 1.71. The second-order valence-corrected chi connectivity index (χ2v) is 5.24. The lowest BCUT2D eigenvalue weighted by Crippen LogP contribution is -2.30. The van der Waals surface area contributed by atoms with Crippen LogP contribution >= 0.6 is 0 Å². The van der Waals surface area contributed by atoms with E-state index in [2.05, 4.69) is 17.0 Å². The SMILES string of the molecule is CCCNCCCS(=O)(=O)NCCOC. The Morgan fingerprint density at radius 3 is 2.53 bits per heavy atom. The van der Waals surface area contributed by atoms with Crippen LogP contribution in [0.5, 0.6) is 0 Å². The van der Waals surface area contributed by atoms with E-state index < -0.39 is 10.0 Å². The van der Waals surface area contributed by atoms with Gasteiger partial charge in [0.25, 0.3) is 0 Å². The first kappa shape index (κ1) is 14.8. The van der Waals surface area contributed by atoms with Gasteiger partial charge in [0.05, 0.1) is 12.4 Å². The van der Waals surface area contributed by atoms with Crippen LogP contribution in [0.4, 0.5) is 0 Å². The fourth-order valence-corrected chi connectivity index (χ4v) is 2.12. The Hall–Kier alpha value is -0.170. The molecule has 0 aromatic carbocycles. The number of ether oxygens (including phenoxy) is 1. The first-order valence-electron chi connectivity index (χ1n) is 5.29. The molecule has 0 aliphatic heterocycles. The Labute approximate surface area is 92.6 Å². The van der Waals surface area contributed by atoms with Gasteiger partial charge in [0, 0.05) is 13.7 Å². The van der Waals surface area contributed by atoms with Crippen molar-refractivity contribution in [2.24, 2.45) is 0 Å². The molecule has 5 nitrogen and oxygen atoms in total. The van der Waals surface area contributed by atoms with Crippen molar-refractivity contribution in [2.45, 2.75) is 19.8 Å². The number of sulfonamides is 1. The zero-order chi connectivity index (χ0) is 11.6. The smallest absolute Gasteiger partial charge is 0.211 e. The summed E-state index contributed by atoms with van der Waals surface area (Å²) in [5, 5.41) is 3.16. The van der Waals surface area contributed by atoms with Crippen molar-refractivity contribution in [1.82, 2.24) is 10.0 Å². The molecule has 92 valence electrons. The number of nitrogens with one attached hydrogen (secondary N) is 2. The summed E-state index contributed by atoms with van der Waals surface area (Å²) in [6.45, 7) is 4.53. The van der Waals surface area contributed by atoms with Gasteiger partial charge in [-0.15, -0.1) is 0 Å². The van der Waals surface area contributed by atoms with Crippen LogP contribution in [0, 0.1) is 0 Å². The summed E-state index contributed by atoms with van der Waals surface area (Å²) in [5.74, 6) is 0.174. The molecule has 0 aromatic heterocycles. The van der Waals surface area contributed by atoms with Crippen molar-refractivity contribution in [1.29, 1.82) is 0 Å². The molecule has 0 amide bonds. The van der Waals surface area contributed by atoms with E-state index in [1.54, 1.807) is 7.11 Å². The fraction of sp³-hybridized carbons (Fsp3) is 1.00. The van der Waals surface area contributed by atoms with Gasteiger partial charge in [0.1, 0.15) is 0 Å². The van der Waals surface area contributed by atoms with Crippen molar-refractivity contribution < 1.29 is 13.2 Å². The summed E-state index contributed by atoms with van der Waals surface area (Å²) >= 11 is 0. The van der Waals surface area contributed by atoms with Gasteiger partial charge in [-0.3, -0.25) is 0 Å². The van der Waals surface area contributed by atoms with Crippen LogP contribution in [-0.2, 0) is 14.8 Å². The number of rotatable bonds is 10. The molecule has 0 spiro atoms. The van der Waals surface area contributed by atoms with Gasteiger partial charge >= 0.3 is 0 Å². The summed E-state index contributed by atoms with van der Waals surface area (Å²) < 4.78 is 29.9. The average molecular weight is 238 g/mol. The highest BCUT2D eigenvalue weighted by molar-refractivity contribution is 7.89. The van der Waals surface area contributed by atoms with Crippen molar-refractivity contribution >= 4 is 10.0 Å².